The number of hydrogen-bond acceptors (Lipinski definition) is 11. The van der Waals surface area contributed by atoms with Gasteiger partial charge in [-0.1, -0.05) is 6.42 Å². The summed E-state index contributed by atoms with van der Waals surface area (Å²) in [7, 11) is -0.0592. The van der Waals surface area contributed by atoms with Gasteiger partial charge in [0.15, 0.2) is 0 Å². The summed E-state index contributed by atoms with van der Waals surface area (Å²) < 4.78 is 35.4. The number of anilines is 2. The van der Waals surface area contributed by atoms with E-state index in [2.05, 4.69) is 27.2 Å². The molecule has 4 aliphatic rings. The first-order valence-electron chi connectivity index (χ1n) is 12.5. The van der Waals surface area contributed by atoms with Crippen LogP contribution in [-0.4, -0.2) is 96.3 Å². The van der Waals surface area contributed by atoms with Gasteiger partial charge >= 0.3 is 0 Å². The normalized spacial score (nSPS) is 31.4. The van der Waals surface area contributed by atoms with Crippen molar-refractivity contribution in [1.29, 1.82) is 5.26 Å². The van der Waals surface area contributed by atoms with E-state index >= 15 is 0 Å². The van der Waals surface area contributed by atoms with Crippen LogP contribution in [0.4, 0.5) is 11.8 Å². The Morgan fingerprint density at radius 3 is 2.58 bits per heavy atom. The van der Waals surface area contributed by atoms with Crippen LogP contribution in [0.1, 0.15) is 38.5 Å². The second-order valence-corrected chi connectivity index (χ2v) is 12.0. The maximum Gasteiger partial charge on any atom is 0.282 e. The molecule has 4 fully saturated rings. The highest BCUT2D eigenvalue weighted by atomic mass is 32.2. The number of hydrogen-bond donors (Lipinski definition) is 4. The number of aliphatic hydroxyl groups excluding tert-OH is 1. The Bertz CT molecular complexity index is 1080. The predicted octanol–water partition coefficient (Wildman–Crippen LogP) is -0.396. The maximum atomic E-state index is 13.4. The third kappa shape index (κ3) is 4.83. The van der Waals surface area contributed by atoms with Gasteiger partial charge in [-0.15, -0.1) is 0 Å². The molecule has 1 aromatic heterocycles. The van der Waals surface area contributed by atoms with E-state index in [1.807, 2.05) is 11.9 Å². The average Bonchev–Trinajstić information content (AvgIpc) is 3.29. The lowest BCUT2D eigenvalue weighted by atomic mass is 9.83. The van der Waals surface area contributed by atoms with Gasteiger partial charge in [-0.2, -0.15) is 32.3 Å². The molecule has 0 amide bonds. The number of nitriles is 1. The number of nitrogens with zero attached hydrogens (tertiary/aromatic N) is 6. The standard InChI is InChI=1S/C22H35N9O4S/c1-29(22-25-19(9-21(26-22)35-2)24-20-6-15(13-32)27-28-20)18-7-16-4-3-5-17(8-18)31(16)36(33,34)30-11-14(10-23)12-30/h9,14-18,20,27-28,32H,3-8,11-13H2,1-2H3,(H,24,25,26)/t15?,16-,17+,18?,20?. The molecule has 36 heavy (non-hydrogen) atoms. The Balaban J connectivity index is 1.30. The van der Waals surface area contributed by atoms with Crippen molar-refractivity contribution in [3.8, 4) is 11.9 Å². The van der Waals surface area contributed by atoms with Gasteiger partial charge in [0.1, 0.15) is 5.82 Å². The molecule has 0 spiro atoms. The summed E-state index contributed by atoms with van der Waals surface area (Å²) in [5, 5.41) is 21.8. The summed E-state index contributed by atoms with van der Waals surface area (Å²) in [4.78, 5) is 11.3. The molecule has 13 nitrogen and oxygen atoms in total. The Hall–Kier alpha value is -2.28. The van der Waals surface area contributed by atoms with Gasteiger partial charge in [-0.05, 0) is 25.7 Å². The number of fused-ring (bicyclic) bond motifs is 2. The fourth-order valence-corrected chi connectivity index (χ4v) is 7.91. The van der Waals surface area contributed by atoms with Crippen molar-refractivity contribution in [2.45, 2.75) is 68.9 Å². The van der Waals surface area contributed by atoms with Gasteiger partial charge in [0.25, 0.3) is 10.2 Å². The molecule has 1 aromatic rings. The zero-order valence-electron chi connectivity index (χ0n) is 20.7. The first-order chi connectivity index (χ1) is 17.3. The van der Waals surface area contributed by atoms with Crippen molar-refractivity contribution in [3.05, 3.63) is 6.07 Å². The number of hydrazine groups is 1. The maximum absolute atomic E-state index is 13.4. The minimum absolute atomic E-state index is 0.0312. The van der Waals surface area contributed by atoms with Crippen molar-refractivity contribution in [2.75, 3.05) is 44.1 Å². The van der Waals surface area contributed by atoms with Gasteiger partial charge in [-0.25, -0.2) is 5.43 Å². The van der Waals surface area contributed by atoms with Gasteiger partial charge in [0.05, 0.1) is 31.9 Å². The summed E-state index contributed by atoms with van der Waals surface area (Å²) in [6.45, 7) is 0.617. The third-order valence-corrected chi connectivity index (χ3v) is 9.87. The molecule has 0 aromatic carbocycles. The van der Waals surface area contributed by atoms with Gasteiger partial charge < -0.3 is 20.1 Å². The minimum atomic E-state index is -3.57. The summed E-state index contributed by atoms with van der Waals surface area (Å²) >= 11 is 0. The van der Waals surface area contributed by atoms with Gasteiger partial charge in [0.2, 0.25) is 11.8 Å². The molecule has 0 aliphatic carbocycles. The van der Waals surface area contributed by atoms with Crippen LogP contribution in [0, 0.1) is 17.2 Å². The number of nitrogens with one attached hydrogen (secondary N) is 3. The van der Waals surface area contributed by atoms with E-state index < -0.39 is 10.2 Å². The summed E-state index contributed by atoms with van der Waals surface area (Å²) in [5.41, 5.74) is 6.14. The van der Waals surface area contributed by atoms with Crippen molar-refractivity contribution in [2.24, 2.45) is 5.92 Å². The quantitative estimate of drug-likeness (QED) is 0.353. The lowest BCUT2D eigenvalue weighted by Crippen LogP contribution is -2.64. The molecule has 4 saturated heterocycles. The molecule has 3 unspecified atom stereocenters. The highest BCUT2D eigenvalue weighted by molar-refractivity contribution is 7.86. The predicted molar refractivity (Wildman–Crippen MR) is 132 cm³/mol. The SMILES string of the molecule is COc1cc(NC2CC(CO)NN2)nc(N(C)C2C[C@H]3CCC[C@@H](C2)N3S(=O)(=O)N2CC(C#N)C2)n1. The number of piperidine rings is 2. The lowest BCUT2D eigenvalue weighted by molar-refractivity contribution is 0.0930. The topological polar surface area (TPSA) is 159 Å². The lowest BCUT2D eigenvalue weighted by Gasteiger charge is -2.51. The largest absolute Gasteiger partial charge is 0.481 e. The Labute approximate surface area is 212 Å². The van der Waals surface area contributed by atoms with Crippen LogP contribution in [-0.2, 0) is 10.2 Å². The van der Waals surface area contributed by atoms with Crippen LogP contribution in [0.2, 0.25) is 0 Å². The molecular weight excluding hydrogens is 486 g/mol. The number of methoxy groups -OCH3 is 1. The second kappa shape index (κ2) is 10.2. The van der Waals surface area contributed by atoms with Crippen LogP contribution in [0.25, 0.3) is 0 Å². The van der Waals surface area contributed by atoms with Crippen LogP contribution in [0.15, 0.2) is 6.07 Å². The van der Waals surface area contributed by atoms with Crippen molar-refractivity contribution >= 4 is 22.0 Å². The molecule has 4 aliphatic heterocycles. The summed E-state index contributed by atoms with van der Waals surface area (Å²) in [5.74, 6) is 1.34. The monoisotopic (exact) mass is 521 g/mol. The van der Waals surface area contributed by atoms with Crippen molar-refractivity contribution in [1.82, 2.24) is 29.4 Å². The van der Waals surface area contributed by atoms with E-state index in [1.165, 1.54) is 4.31 Å². The number of ether oxygens (including phenoxy) is 1. The third-order valence-electron chi connectivity index (χ3n) is 7.79. The van der Waals surface area contributed by atoms with Crippen molar-refractivity contribution < 1.29 is 18.3 Å². The fourth-order valence-electron chi connectivity index (χ4n) is 5.77. The summed E-state index contributed by atoms with van der Waals surface area (Å²) in [6.07, 6.45) is 4.64. The van der Waals surface area contributed by atoms with Gasteiger partial charge in [-0.3, -0.25) is 5.43 Å². The second-order valence-electron chi connectivity index (χ2n) is 10.2. The molecule has 0 radical (unpaired) electrons. The molecule has 198 valence electrons. The van der Waals surface area contributed by atoms with Crippen LogP contribution in [0.5, 0.6) is 5.88 Å². The zero-order chi connectivity index (χ0) is 25.4. The Morgan fingerprint density at radius 2 is 1.97 bits per heavy atom. The van der Waals surface area contributed by atoms with Crippen LogP contribution in [0.3, 0.4) is 0 Å². The number of aliphatic hydroxyl groups is 1. The minimum Gasteiger partial charge on any atom is -0.481 e. The van der Waals surface area contributed by atoms with Crippen LogP contribution >= 0.6 is 0 Å². The fraction of sp³-hybridized carbons (Fsp3) is 0.773. The highest BCUT2D eigenvalue weighted by Gasteiger charge is 2.50. The van der Waals surface area contributed by atoms with Crippen molar-refractivity contribution in [3.63, 3.8) is 0 Å². The van der Waals surface area contributed by atoms with E-state index in [9.17, 15) is 13.5 Å². The summed E-state index contributed by atoms with van der Waals surface area (Å²) in [6, 6.07) is 3.78. The van der Waals surface area contributed by atoms with E-state index in [4.69, 9.17) is 15.0 Å². The average molecular weight is 522 g/mol. The molecule has 2 bridgehead atoms. The smallest absolute Gasteiger partial charge is 0.282 e. The first-order valence-corrected chi connectivity index (χ1v) is 13.9. The molecule has 5 atom stereocenters. The van der Waals surface area contributed by atoms with Gasteiger partial charge in [0, 0.05) is 56.8 Å². The molecule has 0 saturated carbocycles. The number of aromatic nitrogens is 2. The molecular formula is C22H35N9O4S. The molecule has 5 heterocycles. The van der Waals surface area contributed by atoms with E-state index in [0.717, 1.165) is 19.3 Å². The van der Waals surface area contributed by atoms with E-state index in [-0.39, 0.29) is 55.9 Å². The molecule has 5 rings (SSSR count). The van der Waals surface area contributed by atoms with E-state index in [0.29, 0.717) is 36.9 Å². The Morgan fingerprint density at radius 1 is 1.25 bits per heavy atom. The number of rotatable bonds is 8. The molecule has 14 heteroatoms. The highest BCUT2D eigenvalue weighted by Crippen LogP contribution is 2.40. The Kier molecular flexibility index (Phi) is 7.21. The van der Waals surface area contributed by atoms with Crippen LogP contribution < -0.4 is 25.8 Å². The zero-order valence-corrected chi connectivity index (χ0v) is 21.5. The molecule has 4 N–H and O–H groups in total. The van der Waals surface area contributed by atoms with E-state index in [1.54, 1.807) is 17.5 Å². The first kappa shape index (κ1) is 25.4.